The molecule has 2 rings (SSSR count). The fraction of sp³-hybridized carbons (Fsp3) is 0.0769. The monoisotopic (exact) mass is 485 g/mol. The van der Waals surface area contributed by atoms with Crippen LogP contribution in [0, 0.1) is 9.39 Å². The average Bonchev–Trinajstić information content (AvgIpc) is 2.42. The molecule has 8 heteroatoms. The molecule has 0 aromatic heterocycles. The minimum Gasteiger partial charge on any atom is -0.392 e. The van der Waals surface area contributed by atoms with Gasteiger partial charge in [0.15, 0.2) is 0 Å². The molecule has 21 heavy (non-hydrogen) atoms. The number of aliphatic hydroxyl groups excluding tert-OH is 1. The maximum atomic E-state index is 13.0. The van der Waals surface area contributed by atoms with E-state index in [0.29, 0.717) is 19.3 Å². The third-order valence-electron chi connectivity index (χ3n) is 2.64. The summed E-state index contributed by atoms with van der Waals surface area (Å²) in [4.78, 5) is 0.00850. The van der Waals surface area contributed by atoms with Crippen LogP contribution in [0.15, 0.2) is 45.8 Å². The summed E-state index contributed by atoms with van der Waals surface area (Å²) in [5, 5.41) is 9.11. The predicted octanol–water partition coefficient (Wildman–Crippen LogP) is 3.49. The minimum atomic E-state index is -3.85. The van der Waals surface area contributed by atoms with Crippen LogP contribution in [0.2, 0.25) is 0 Å². The van der Waals surface area contributed by atoms with E-state index in [2.05, 4.69) is 20.7 Å². The SMILES string of the molecule is O=S(=O)(Nc1ccc(F)cc1I)c1cc(CO)ccc1Br. The number of hydrogen-bond acceptors (Lipinski definition) is 3. The number of benzene rings is 2. The third kappa shape index (κ3) is 3.93. The van der Waals surface area contributed by atoms with Crippen LogP contribution < -0.4 is 4.72 Å². The Labute approximate surface area is 143 Å². The Kier molecular flexibility index (Phi) is 5.23. The molecule has 0 radical (unpaired) electrons. The highest BCUT2D eigenvalue weighted by molar-refractivity contribution is 14.1. The zero-order chi connectivity index (χ0) is 15.6. The molecule has 112 valence electrons. The lowest BCUT2D eigenvalue weighted by Gasteiger charge is -2.12. The first-order chi connectivity index (χ1) is 9.83. The molecular formula is C13H10BrFINO3S. The van der Waals surface area contributed by atoms with E-state index < -0.39 is 15.8 Å². The number of anilines is 1. The second kappa shape index (κ2) is 6.59. The van der Waals surface area contributed by atoms with Gasteiger partial charge in [0.1, 0.15) is 10.7 Å². The first-order valence-electron chi connectivity index (χ1n) is 5.70. The van der Waals surface area contributed by atoms with E-state index >= 15 is 0 Å². The molecule has 2 aromatic carbocycles. The highest BCUT2D eigenvalue weighted by Gasteiger charge is 2.19. The molecule has 2 aromatic rings. The molecule has 0 saturated heterocycles. The molecule has 0 aliphatic rings. The third-order valence-corrected chi connectivity index (χ3v) is 5.90. The van der Waals surface area contributed by atoms with Crippen LogP contribution in [0.1, 0.15) is 5.56 Å². The molecular weight excluding hydrogens is 476 g/mol. The summed E-state index contributed by atoms with van der Waals surface area (Å²) in [6, 6.07) is 8.32. The number of halogens is 3. The predicted molar refractivity (Wildman–Crippen MR) is 90.0 cm³/mol. The van der Waals surface area contributed by atoms with E-state index in [4.69, 9.17) is 5.11 Å². The maximum Gasteiger partial charge on any atom is 0.263 e. The maximum absolute atomic E-state index is 13.0. The summed E-state index contributed by atoms with van der Waals surface area (Å²) in [6.07, 6.45) is 0. The van der Waals surface area contributed by atoms with Gasteiger partial charge in [-0.1, -0.05) is 6.07 Å². The Morgan fingerprint density at radius 2 is 1.95 bits per heavy atom. The van der Waals surface area contributed by atoms with Crippen molar-refractivity contribution in [3.05, 3.63) is 55.8 Å². The van der Waals surface area contributed by atoms with Crippen LogP contribution in [-0.2, 0) is 16.6 Å². The summed E-state index contributed by atoms with van der Waals surface area (Å²) >= 11 is 5.03. The van der Waals surface area contributed by atoms with Gasteiger partial charge >= 0.3 is 0 Å². The molecule has 4 nitrogen and oxygen atoms in total. The number of aliphatic hydroxyl groups is 1. The van der Waals surface area contributed by atoms with Crippen LogP contribution in [0.25, 0.3) is 0 Å². The lowest BCUT2D eigenvalue weighted by atomic mass is 10.2. The lowest BCUT2D eigenvalue weighted by molar-refractivity contribution is 0.281. The van der Waals surface area contributed by atoms with Gasteiger partial charge in [0.2, 0.25) is 0 Å². The molecule has 0 heterocycles. The normalized spacial score (nSPS) is 11.4. The fourth-order valence-electron chi connectivity index (χ4n) is 1.62. The Morgan fingerprint density at radius 1 is 1.24 bits per heavy atom. The first kappa shape index (κ1) is 16.7. The van der Waals surface area contributed by atoms with Gasteiger partial charge in [-0.05, 0) is 74.4 Å². The molecule has 0 aliphatic heterocycles. The number of rotatable bonds is 4. The van der Waals surface area contributed by atoms with E-state index in [1.165, 1.54) is 24.3 Å². The topological polar surface area (TPSA) is 66.4 Å². The van der Waals surface area contributed by atoms with Gasteiger partial charge in [0.05, 0.1) is 12.3 Å². The van der Waals surface area contributed by atoms with Gasteiger partial charge in [-0.25, -0.2) is 12.8 Å². The molecule has 0 atom stereocenters. The second-order valence-electron chi connectivity index (χ2n) is 4.15. The Hall–Kier alpha value is -0.710. The van der Waals surface area contributed by atoms with Crippen molar-refractivity contribution in [2.24, 2.45) is 0 Å². The van der Waals surface area contributed by atoms with E-state index in [1.54, 1.807) is 12.1 Å². The van der Waals surface area contributed by atoms with Crippen molar-refractivity contribution in [1.29, 1.82) is 0 Å². The highest BCUT2D eigenvalue weighted by Crippen LogP contribution is 2.27. The average molecular weight is 486 g/mol. The number of hydrogen-bond donors (Lipinski definition) is 2. The van der Waals surface area contributed by atoms with E-state index in [-0.39, 0.29) is 11.5 Å². The van der Waals surface area contributed by atoms with Gasteiger partial charge in [-0.3, -0.25) is 4.72 Å². The lowest BCUT2D eigenvalue weighted by Crippen LogP contribution is -2.15. The van der Waals surface area contributed by atoms with Crippen LogP contribution in [0.5, 0.6) is 0 Å². The summed E-state index contributed by atoms with van der Waals surface area (Å²) < 4.78 is 41.1. The molecule has 0 amide bonds. The quantitative estimate of drug-likeness (QED) is 0.651. The van der Waals surface area contributed by atoms with Crippen molar-refractivity contribution in [3.63, 3.8) is 0 Å². The van der Waals surface area contributed by atoms with Crippen molar-refractivity contribution in [1.82, 2.24) is 0 Å². The summed E-state index contributed by atoms with van der Waals surface area (Å²) in [7, 11) is -3.85. The van der Waals surface area contributed by atoms with Crippen molar-refractivity contribution in [2.75, 3.05) is 4.72 Å². The largest absolute Gasteiger partial charge is 0.392 e. The smallest absolute Gasteiger partial charge is 0.263 e. The Balaban J connectivity index is 2.43. The molecule has 0 saturated carbocycles. The van der Waals surface area contributed by atoms with Crippen molar-refractivity contribution in [2.45, 2.75) is 11.5 Å². The second-order valence-corrected chi connectivity index (χ2v) is 7.82. The van der Waals surface area contributed by atoms with Crippen LogP contribution in [-0.4, -0.2) is 13.5 Å². The number of sulfonamides is 1. The first-order valence-corrected chi connectivity index (χ1v) is 9.06. The molecule has 0 unspecified atom stereocenters. The minimum absolute atomic E-state index is 0.00850. The van der Waals surface area contributed by atoms with Crippen molar-refractivity contribution >= 4 is 54.2 Å². The number of nitrogens with one attached hydrogen (secondary N) is 1. The summed E-state index contributed by atoms with van der Waals surface area (Å²) in [6.45, 7) is -0.260. The van der Waals surface area contributed by atoms with Gasteiger partial charge in [-0.15, -0.1) is 0 Å². The van der Waals surface area contributed by atoms with Gasteiger partial charge in [0.25, 0.3) is 10.0 Å². The van der Waals surface area contributed by atoms with Gasteiger partial charge in [-0.2, -0.15) is 0 Å². The van der Waals surface area contributed by atoms with Crippen molar-refractivity contribution in [3.8, 4) is 0 Å². The molecule has 0 fully saturated rings. The zero-order valence-electron chi connectivity index (χ0n) is 10.5. The van der Waals surface area contributed by atoms with Gasteiger partial charge in [0, 0.05) is 8.04 Å². The molecule has 2 N–H and O–H groups in total. The summed E-state index contributed by atoms with van der Waals surface area (Å²) in [5.74, 6) is -0.439. The van der Waals surface area contributed by atoms with Crippen LogP contribution in [0.4, 0.5) is 10.1 Å². The standard InChI is InChI=1S/C13H10BrFINO3S/c14-10-3-1-8(7-18)5-13(10)21(19,20)17-12-4-2-9(15)6-11(12)16/h1-6,17-18H,7H2. The summed E-state index contributed by atoms with van der Waals surface area (Å²) in [5.41, 5.74) is 0.769. The zero-order valence-corrected chi connectivity index (χ0v) is 15.0. The van der Waals surface area contributed by atoms with Crippen LogP contribution >= 0.6 is 38.5 Å². The van der Waals surface area contributed by atoms with Crippen LogP contribution in [0.3, 0.4) is 0 Å². The fourth-order valence-corrected chi connectivity index (χ4v) is 4.51. The Bertz CT molecular complexity index is 783. The van der Waals surface area contributed by atoms with Crippen molar-refractivity contribution < 1.29 is 17.9 Å². The molecule has 0 spiro atoms. The highest BCUT2D eigenvalue weighted by atomic mass is 127. The van der Waals surface area contributed by atoms with Gasteiger partial charge < -0.3 is 5.11 Å². The van der Waals surface area contributed by atoms with E-state index in [9.17, 15) is 12.8 Å². The van der Waals surface area contributed by atoms with E-state index in [1.807, 2.05) is 22.6 Å². The molecule has 0 bridgehead atoms. The Morgan fingerprint density at radius 3 is 2.57 bits per heavy atom. The molecule has 0 aliphatic carbocycles. The van der Waals surface area contributed by atoms with E-state index in [0.717, 1.165) is 0 Å².